The third-order valence-electron chi connectivity index (χ3n) is 4.39. The lowest BCUT2D eigenvalue weighted by molar-refractivity contribution is 0.102. The molecule has 2 N–H and O–H groups in total. The minimum Gasteiger partial charge on any atom is -0.360 e. The molecule has 4 rings (SSSR count). The van der Waals surface area contributed by atoms with Crippen LogP contribution in [0.25, 0.3) is 10.8 Å². The summed E-state index contributed by atoms with van der Waals surface area (Å²) in [4.78, 5) is 12.7. The van der Waals surface area contributed by atoms with Gasteiger partial charge in [-0.1, -0.05) is 46.3 Å². The molecule has 0 aromatic heterocycles. The van der Waals surface area contributed by atoms with Gasteiger partial charge in [-0.25, -0.2) is 0 Å². The number of benzene rings is 3. The Morgan fingerprint density at radius 1 is 1.04 bits per heavy atom. The highest BCUT2D eigenvalue weighted by atomic mass is 79.9. The quantitative estimate of drug-likeness (QED) is 0.584. The molecule has 124 valence electrons. The molecule has 0 unspecified atom stereocenters. The van der Waals surface area contributed by atoms with E-state index in [4.69, 9.17) is 0 Å². The van der Waals surface area contributed by atoms with Crippen molar-refractivity contribution < 1.29 is 4.79 Å². The predicted molar refractivity (Wildman–Crippen MR) is 107 cm³/mol. The molecule has 0 saturated heterocycles. The number of halogens is 1. The van der Waals surface area contributed by atoms with Crippen LogP contribution < -0.4 is 10.6 Å². The van der Waals surface area contributed by atoms with Crippen molar-refractivity contribution in [2.24, 2.45) is 0 Å². The molecular weight excluding hydrogens is 376 g/mol. The summed E-state index contributed by atoms with van der Waals surface area (Å²) in [5, 5.41) is 8.48. The molecule has 0 radical (unpaired) electrons. The van der Waals surface area contributed by atoms with E-state index in [-0.39, 0.29) is 5.91 Å². The van der Waals surface area contributed by atoms with E-state index in [0.717, 1.165) is 39.5 Å². The maximum absolute atomic E-state index is 12.7. The number of fused-ring (bicyclic) bond motifs is 2. The van der Waals surface area contributed by atoms with E-state index < -0.39 is 0 Å². The van der Waals surface area contributed by atoms with Gasteiger partial charge in [0.15, 0.2) is 0 Å². The van der Waals surface area contributed by atoms with E-state index in [1.54, 1.807) is 0 Å². The fourth-order valence-electron chi connectivity index (χ4n) is 3.10. The van der Waals surface area contributed by atoms with Crippen molar-refractivity contribution in [3.63, 3.8) is 0 Å². The molecule has 0 bridgehead atoms. The smallest absolute Gasteiger partial charge is 0.255 e. The summed E-state index contributed by atoms with van der Waals surface area (Å²) in [6.45, 7) is 0. The number of carbonyl (C=O) groups is 1. The van der Waals surface area contributed by atoms with Crippen LogP contribution >= 0.6 is 15.9 Å². The summed E-state index contributed by atoms with van der Waals surface area (Å²) >= 11 is 3.47. The van der Waals surface area contributed by atoms with Crippen molar-refractivity contribution in [2.75, 3.05) is 10.6 Å². The molecular formula is C21H17BrN2O. The van der Waals surface area contributed by atoms with E-state index in [1.807, 2.05) is 54.7 Å². The van der Waals surface area contributed by atoms with E-state index in [0.29, 0.717) is 5.56 Å². The Balaban J connectivity index is 1.64. The van der Waals surface area contributed by atoms with Crippen LogP contribution in [0.5, 0.6) is 0 Å². The number of amides is 1. The summed E-state index contributed by atoms with van der Waals surface area (Å²) in [6.07, 6.45) is 6.01. The van der Waals surface area contributed by atoms with Crippen LogP contribution in [0.3, 0.4) is 0 Å². The van der Waals surface area contributed by atoms with E-state index in [2.05, 4.69) is 38.7 Å². The van der Waals surface area contributed by atoms with Crippen molar-refractivity contribution in [1.29, 1.82) is 0 Å². The predicted octanol–water partition coefficient (Wildman–Crippen LogP) is 5.73. The Morgan fingerprint density at radius 3 is 2.80 bits per heavy atom. The molecule has 0 spiro atoms. The first-order valence-electron chi connectivity index (χ1n) is 8.25. The third kappa shape index (κ3) is 3.30. The molecule has 3 aromatic carbocycles. The average molecular weight is 393 g/mol. The number of allylic oxidation sites excluding steroid dienone is 1. The number of hydrogen-bond donors (Lipinski definition) is 2. The van der Waals surface area contributed by atoms with Gasteiger partial charge in [0.25, 0.3) is 5.91 Å². The highest BCUT2D eigenvalue weighted by molar-refractivity contribution is 9.10. The van der Waals surface area contributed by atoms with Crippen molar-refractivity contribution in [3.05, 3.63) is 82.5 Å². The molecule has 1 amide bonds. The largest absolute Gasteiger partial charge is 0.360 e. The number of hydrogen-bond acceptors (Lipinski definition) is 2. The zero-order valence-electron chi connectivity index (χ0n) is 13.6. The van der Waals surface area contributed by atoms with Gasteiger partial charge in [-0.05, 0) is 65.7 Å². The SMILES string of the molecule is O=C(Nc1cccc2c1NC=CCC2)c1ccc2cc(Br)ccc2c1. The maximum Gasteiger partial charge on any atom is 0.255 e. The Bertz CT molecular complexity index is 994. The van der Waals surface area contributed by atoms with Crippen molar-refractivity contribution >= 4 is 44.0 Å². The van der Waals surface area contributed by atoms with Crippen LogP contribution in [0.4, 0.5) is 11.4 Å². The molecule has 0 atom stereocenters. The fourth-order valence-corrected chi connectivity index (χ4v) is 3.48. The molecule has 1 aliphatic heterocycles. The monoisotopic (exact) mass is 392 g/mol. The lowest BCUT2D eigenvalue weighted by Gasteiger charge is -2.14. The second kappa shape index (κ2) is 6.73. The molecule has 0 aliphatic carbocycles. The maximum atomic E-state index is 12.7. The van der Waals surface area contributed by atoms with Gasteiger partial charge in [0, 0.05) is 10.0 Å². The van der Waals surface area contributed by atoms with Gasteiger partial charge in [-0.15, -0.1) is 0 Å². The van der Waals surface area contributed by atoms with Gasteiger partial charge < -0.3 is 10.6 Å². The van der Waals surface area contributed by atoms with E-state index in [9.17, 15) is 4.79 Å². The van der Waals surface area contributed by atoms with Gasteiger partial charge in [0.2, 0.25) is 0 Å². The number of aryl methyl sites for hydroxylation is 1. The van der Waals surface area contributed by atoms with Crippen LogP contribution in [0.2, 0.25) is 0 Å². The second-order valence-corrected chi connectivity index (χ2v) is 7.00. The fraction of sp³-hybridized carbons (Fsp3) is 0.0952. The first kappa shape index (κ1) is 15.9. The molecule has 0 saturated carbocycles. The lowest BCUT2D eigenvalue weighted by atomic mass is 10.1. The summed E-state index contributed by atoms with van der Waals surface area (Å²) in [6, 6.07) is 17.8. The van der Waals surface area contributed by atoms with Crippen molar-refractivity contribution in [2.45, 2.75) is 12.8 Å². The van der Waals surface area contributed by atoms with Gasteiger partial charge in [0.1, 0.15) is 0 Å². The zero-order valence-corrected chi connectivity index (χ0v) is 15.1. The molecule has 3 nitrogen and oxygen atoms in total. The Labute approximate surface area is 154 Å². The standard InChI is InChI=1S/C21H17BrN2O/c22-18-10-9-15-12-17(8-7-16(15)13-18)21(25)24-19-6-3-5-14-4-1-2-11-23-20(14)19/h2-3,5-13,23H,1,4H2,(H,24,25). The Hall–Kier alpha value is -2.59. The number of carbonyl (C=O) groups excluding carboxylic acids is 1. The van der Waals surface area contributed by atoms with E-state index in [1.165, 1.54) is 5.56 Å². The number of nitrogens with one attached hydrogen (secondary N) is 2. The molecule has 0 fully saturated rings. The molecule has 3 aromatic rings. The minimum absolute atomic E-state index is 0.103. The van der Waals surface area contributed by atoms with Crippen molar-refractivity contribution in [1.82, 2.24) is 0 Å². The summed E-state index contributed by atoms with van der Waals surface area (Å²) in [5.41, 5.74) is 3.65. The topological polar surface area (TPSA) is 41.1 Å². The zero-order chi connectivity index (χ0) is 17.2. The van der Waals surface area contributed by atoms with Crippen LogP contribution in [0.15, 0.2) is 71.3 Å². The highest BCUT2D eigenvalue weighted by Crippen LogP contribution is 2.30. The van der Waals surface area contributed by atoms with Gasteiger partial charge in [0.05, 0.1) is 11.4 Å². The van der Waals surface area contributed by atoms with Gasteiger partial charge in [-0.3, -0.25) is 4.79 Å². The van der Waals surface area contributed by atoms with Gasteiger partial charge >= 0.3 is 0 Å². The average Bonchev–Trinajstić information content (AvgIpc) is 2.87. The minimum atomic E-state index is -0.103. The first-order valence-corrected chi connectivity index (χ1v) is 9.04. The van der Waals surface area contributed by atoms with E-state index >= 15 is 0 Å². The molecule has 4 heteroatoms. The summed E-state index contributed by atoms with van der Waals surface area (Å²) < 4.78 is 1.03. The van der Waals surface area contributed by atoms with Crippen LogP contribution in [-0.2, 0) is 6.42 Å². The van der Waals surface area contributed by atoms with Crippen molar-refractivity contribution in [3.8, 4) is 0 Å². The second-order valence-electron chi connectivity index (χ2n) is 6.09. The third-order valence-corrected chi connectivity index (χ3v) is 4.88. The number of rotatable bonds is 2. The number of para-hydroxylation sites is 1. The van der Waals surface area contributed by atoms with Crippen LogP contribution in [0, 0.1) is 0 Å². The highest BCUT2D eigenvalue weighted by Gasteiger charge is 2.13. The Kier molecular flexibility index (Phi) is 4.28. The summed E-state index contributed by atoms with van der Waals surface area (Å²) in [7, 11) is 0. The van der Waals surface area contributed by atoms with Crippen LogP contribution in [0.1, 0.15) is 22.3 Å². The first-order chi connectivity index (χ1) is 12.2. The summed E-state index contributed by atoms with van der Waals surface area (Å²) in [5.74, 6) is -0.103. The molecule has 1 heterocycles. The van der Waals surface area contributed by atoms with Crippen LogP contribution in [-0.4, -0.2) is 5.91 Å². The molecule has 25 heavy (non-hydrogen) atoms. The molecule has 1 aliphatic rings. The lowest BCUT2D eigenvalue weighted by Crippen LogP contribution is -2.13. The van der Waals surface area contributed by atoms with Gasteiger partial charge in [-0.2, -0.15) is 0 Å². The number of anilines is 2. The Morgan fingerprint density at radius 2 is 1.88 bits per heavy atom. The normalized spacial score (nSPS) is 13.0.